The van der Waals surface area contributed by atoms with Gasteiger partial charge in [-0.2, -0.15) is 21.6 Å². The van der Waals surface area contributed by atoms with Crippen LogP contribution in [0.5, 0.6) is 5.75 Å². The molecule has 5 nitrogen and oxygen atoms in total. The highest BCUT2D eigenvalue weighted by Gasteiger charge is 2.48. The minimum atomic E-state index is -5.73. The predicted molar refractivity (Wildman–Crippen MR) is 76.0 cm³/mol. The second kappa shape index (κ2) is 5.92. The van der Waals surface area contributed by atoms with Gasteiger partial charge in [-0.15, -0.1) is 0 Å². The van der Waals surface area contributed by atoms with Gasteiger partial charge in [0.2, 0.25) is 5.91 Å². The van der Waals surface area contributed by atoms with Gasteiger partial charge in [-0.25, -0.2) is 0 Å². The highest BCUT2D eigenvalue weighted by molar-refractivity contribution is 7.88. The summed E-state index contributed by atoms with van der Waals surface area (Å²) in [4.78, 5) is 11.0. The molecule has 0 saturated heterocycles. The third-order valence-electron chi connectivity index (χ3n) is 2.83. The third kappa shape index (κ3) is 3.81. The monoisotopic (exact) mass is 345 g/mol. The maximum absolute atomic E-state index is 12.3. The fourth-order valence-electron chi connectivity index (χ4n) is 1.73. The predicted octanol–water partition coefficient (Wildman–Crippen LogP) is 2.68. The van der Waals surface area contributed by atoms with Crippen LogP contribution in [0.4, 0.5) is 13.2 Å². The summed E-state index contributed by atoms with van der Waals surface area (Å²) in [5.41, 5.74) is 0.820. The van der Waals surface area contributed by atoms with E-state index in [1.807, 2.05) is 0 Å². The van der Waals surface area contributed by atoms with Gasteiger partial charge in [0.05, 0.1) is 0 Å². The molecule has 0 fully saturated rings. The van der Waals surface area contributed by atoms with Gasteiger partial charge < -0.3 is 9.92 Å². The quantitative estimate of drug-likeness (QED) is 0.682. The average Bonchev–Trinajstić information content (AvgIpc) is 2.46. The zero-order valence-electron chi connectivity index (χ0n) is 11.4. The number of amides is 1. The Labute approximate surface area is 129 Å². The van der Waals surface area contributed by atoms with Crippen molar-refractivity contribution < 1.29 is 30.6 Å². The Morgan fingerprint density at radius 2 is 1.61 bits per heavy atom. The summed E-state index contributed by atoms with van der Waals surface area (Å²) in [6, 6.07) is 11.1. The lowest BCUT2D eigenvalue weighted by molar-refractivity contribution is -0.0500. The average molecular weight is 345 g/mol. The van der Waals surface area contributed by atoms with Crippen LogP contribution in [-0.2, 0) is 10.1 Å². The minimum Gasteiger partial charge on any atom is -0.376 e. The van der Waals surface area contributed by atoms with E-state index in [0.29, 0.717) is 11.1 Å². The van der Waals surface area contributed by atoms with Crippen LogP contribution in [0, 0.1) is 0 Å². The highest BCUT2D eigenvalue weighted by atomic mass is 32.2. The first-order chi connectivity index (χ1) is 10.6. The Morgan fingerprint density at radius 1 is 1.00 bits per heavy atom. The first-order valence-corrected chi connectivity index (χ1v) is 7.52. The van der Waals surface area contributed by atoms with E-state index in [4.69, 9.17) is 5.73 Å². The van der Waals surface area contributed by atoms with E-state index in [2.05, 4.69) is 4.18 Å². The van der Waals surface area contributed by atoms with Crippen molar-refractivity contribution >= 4 is 16.0 Å². The van der Waals surface area contributed by atoms with Crippen LogP contribution in [0.1, 0.15) is 10.4 Å². The summed E-state index contributed by atoms with van der Waals surface area (Å²) in [7, 11) is -5.73. The zero-order chi connectivity index (χ0) is 17.3. The van der Waals surface area contributed by atoms with Crippen molar-refractivity contribution in [1.82, 2.24) is 0 Å². The van der Waals surface area contributed by atoms with E-state index in [9.17, 15) is 26.4 Å². The Hall–Kier alpha value is -2.55. The molecule has 2 N–H and O–H groups in total. The molecule has 0 saturated carbocycles. The minimum absolute atomic E-state index is 0.265. The molecular weight excluding hydrogens is 335 g/mol. The summed E-state index contributed by atoms with van der Waals surface area (Å²) < 4.78 is 63.0. The van der Waals surface area contributed by atoms with Crippen LogP contribution >= 0.6 is 0 Å². The molecular formula is C14H10F3NO4S. The molecule has 2 aromatic rings. The normalized spacial score (nSPS) is 12.0. The number of hydrogen-bond acceptors (Lipinski definition) is 4. The molecule has 2 aromatic carbocycles. The molecule has 0 spiro atoms. The molecule has 2 rings (SSSR count). The molecule has 122 valence electrons. The van der Waals surface area contributed by atoms with Crippen molar-refractivity contribution in [3.05, 3.63) is 54.1 Å². The maximum atomic E-state index is 12.3. The molecule has 0 aliphatic rings. The zero-order valence-corrected chi connectivity index (χ0v) is 12.2. The van der Waals surface area contributed by atoms with Crippen LogP contribution in [0.3, 0.4) is 0 Å². The van der Waals surface area contributed by atoms with Gasteiger partial charge in [-0.1, -0.05) is 24.3 Å². The van der Waals surface area contributed by atoms with E-state index >= 15 is 0 Å². The molecule has 23 heavy (non-hydrogen) atoms. The molecule has 1 amide bonds. The molecule has 0 bridgehead atoms. The Balaban J connectivity index is 2.32. The second-order valence-corrected chi connectivity index (χ2v) is 5.99. The maximum Gasteiger partial charge on any atom is 0.534 e. The first kappa shape index (κ1) is 16.8. The number of rotatable bonds is 4. The lowest BCUT2D eigenvalue weighted by atomic mass is 10.0. The Kier molecular flexibility index (Phi) is 4.33. The van der Waals surface area contributed by atoms with Crippen LogP contribution in [0.25, 0.3) is 11.1 Å². The van der Waals surface area contributed by atoms with Crippen LogP contribution in [0.2, 0.25) is 0 Å². The largest absolute Gasteiger partial charge is 0.534 e. The highest BCUT2D eigenvalue weighted by Crippen LogP contribution is 2.29. The van der Waals surface area contributed by atoms with E-state index in [0.717, 1.165) is 12.1 Å². The number of carbonyl (C=O) groups excluding carboxylic acids is 1. The first-order valence-electron chi connectivity index (χ1n) is 6.11. The van der Waals surface area contributed by atoms with E-state index in [1.165, 1.54) is 30.3 Å². The lowest BCUT2D eigenvalue weighted by Crippen LogP contribution is -2.28. The van der Waals surface area contributed by atoms with Crippen LogP contribution < -0.4 is 9.92 Å². The van der Waals surface area contributed by atoms with E-state index in [1.54, 1.807) is 6.07 Å². The number of carbonyl (C=O) groups is 1. The molecule has 0 radical (unpaired) electrons. The third-order valence-corrected chi connectivity index (χ3v) is 3.81. The molecule has 0 aliphatic carbocycles. The smallest absolute Gasteiger partial charge is 0.376 e. The molecule has 0 aliphatic heterocycles. The number of benzene rings is 2. The number of hydrogen-bond donors (Lipinski definition) is 1. The van der Waals surface area contributed by atoms with Gasteiger partial charge in [0, 0.05) is 5.56 Å². The summed E-state index contributed by atoms with van der Waals surface area (Å²) in [6.45, 7) is 0. The molecule has 0 aromatic heterocycles. The van der Waals surface area contributed by atoms with Gasteiger partial charge in [-0.3, -0.25) is 4.79 Å². The fourth-order valence-corrected chi connectivity index (χ4v) is 2.18. The summed E-state index contributed by atoms with van der Waals surface area (Å²) in [6.07, 6.45) is 0. The summed E-state index contributed by atoms with van der Waals surface area (Å²) in [5, 5.41) is 0. The van der Waals surface area contributed by atoms with Gasteiger partial charge >= 0.3 is 15.6 Å². The standard InChI is InChI=1S/C14H10F3NO4S/c15-14(16,17)23(20,21)22-12-3-1-2-11(8-12)9-4-6-10(7-5-9)13(18)19/h1-8H,(H2,18,19). The number of nitrogens with two attached hydrogens (primary N) is 1. The number of halogens is 3. The molecule has 9 heteroatoms. The Morgan fingerprint density at radius 3 is 2.13 bits per heavy atom. The Bertz CT molecular complexity index is 830. The second-order valence-electron chi connectivity index (χ2n) is 4.45. The SMILES string of the molecule is NC(=O)c1ccc(-c2cccc(OS(=O)(=O)C(F)(F)F)c2)cc1. The van der Waals surface area contributed by atoms with E-state index < -0.39 is 27.3 Å². The number of alkyl halides is 3. The fraction of sp³-hybridized carbons (Fsp3) is 0.0714. The van der Waals surface area contributed by atoms with Gasteiger partial charge in [-0.05, 0) is 35.4 Å². The number of primary amides is 1. The van der Waals surface area contributed by atoms with Crippen LogP contribution in [-0.4, -0.2) is 19.8 Å². The molecule has 0 atom stereocenters. The van der Waals surface area contributed by atoms with Crippen molar-refractivity contribution in [3.8, 4) is 16.9 Å². The van der Waals surface area contributed by atoms with Gasteiger partial charge in [0.1, 0.15) is 5.75 Å². The van der Waals surface area contributed by atoms with Gasteiger partial charge in [0.15, 0.2) is 0 Å². The summed E-state index contributed by atoms with van der Waals surface area (Å²) in [5.74, 6) is -1.09. The van der Waals surface area contributed by atoms with Crippen molar-refractivity contribution in [2.24, 2.45) is 5.73 Å². The van der Waals surface area contributed by atoms with Crippen molar-refractivity contribution in [3.63, 3.8) is 0 Å². The lowest BCUT2D eigenvalue weighted by Gasteiger charge is -2.10. The van der Waals surface area contributed by atoms with Crippen LogP contribution in [0.15, 0.2) is 48.5 Å². The topological polar surface area (TPSA) is 86.5 Å². The van der Waals surface area contributed by atoms with Crippen molar-refractivity contribution in [2.75, 3.05) is 0 Å². The van der Waals surface area contributed by atoms with Crippen molar-refractivity contribution in [2.45, 2.75) is 5.51 Å². The molecule has 0 heterocycles. The van der Waals surface area contributed by atoms with E-state index in [-0.39, 0.29) is 5.56 Å². The van der Waals surface area contributed by atoms with Gasteiger partial charge in [0.25, 0.3) is 0 Å². The molecule has 0 unspecified atom stereocenters. The summed E-state index contributed by atoms with van der Waals surface area (Å²) >= 11 is 0. The van der Waals surface area contributed by atoms with Crippen molar-refractivity contribution in [1.29, 1.82) is 0 Å².